The molecule has 1 saturated heterocycles. The van der Waals surface area contributed by atoms with Gasteiger partial charge in [-0.1, -0.05) is 12.1 Å². The van der Waals surface area contributed by atoms with Gasteiger partial charge in [-0.05, 0) is 18.2 Å². The molecule has 0 bridgehead atoms. The van der Waals surface area contributed by atoms with Gasteiger partial charge < -0.3 is 9.32 Å². The third-order valence-electron chi connectivity index (χ3n) is 3.16. The zero-order valence-electron chi connectivity index (χ0n) is 10.6. The molecule has 1 aromatic carbocycles. The van der Waals surface area contributed by atoms with Crippen molar-refractivity contribution in [1.82, 2.24) is 10.2 Å². The molecule has 0 atom stereocenters. The summed E-state index contributed by atoms with van der Waals surface area (Å²) < 4.78 is 5.38. The SMILES string of the molecule is CN1C(=N)NC(=O)/C1=C/c1coc2ccccc2c1=O. The Kier molecular flexibility index (Phi) is 2.64. The van der Waals surface area contributed by atoms with E-state index in [0.29, 0.717) is 11.0 Å². The summed E-state index contributed by atoms with van der Waals surface area (Å²) in [5.41, 5.74) is 0.795. The predicted molar refractivity (Wildman–Crippen MR) is 74.1 cm³/mol. The van der Waals surface area contributed by atoms with Crippen molar-refractivity contribution in [3.05, 3.63) is 52.0 Å². The molecule has 1 fully saturated rings. The maximum Gasteiger partial charge on any atom is 0.274 e. The second kappa shape index (κ2) is 4.34. The van der Waals surface area contributed by atoms with Gasteiger partial charge in [0, 0.05) is 7.05 Å². The van der Waals surface area contributed by atoms with Crippen LogP contribution in [0, 0.1) is 5.41 Å². The van der Waals surface area contributed by atoms with Crippen molar-refractivity contribution in [3.63, 3.8) is 0 Å². The maximum absolute atomic E-state index is 12.3. The van der Waals surface area contributed by atoms with E-state index in [2.05, 4.69) is 5.32 Å². The largest absolute Gasteiger partial charge is 0.463 e. The van der Waals surface area contributed by atoms with Crippen LogP contribution < -0.4 is 10.7 Å². The highest BCUT2D eigenvalue weighted by Gasteiger charge is 2.27. The fourth-order valence-electron chi connectivity index (χ4n) is 2.03. The molecule has 3 rings (SSSR count). The lowest BCUT2D eigenvalue weighted by atomic mass is 10.1. The Morgan fingerprint density at radius 3 is 2.75 bits per heavy atom. The number of amides is 1. The monoisotopic (exact) mass is 269 g/mol. The quantitative estimate of drug-likeness (QED) is 0.760. The van der Waals surface area contributed by atoms with Gasteiger partial charge in [0.05, 0.1) is 10.9 Å². The van der Waals surface area contributed by atoms with Gasteiger partial charge in [-0.2, -0.15) is 0 Å². The van der Waals surface area contributed by atoms with Crippen LogP contribution in [0.25, 0.3) is 17.0 Å². The Labute approximate surface area is 113 Å². The second-order valence-corrected chi connectivity index (χ2v) is 4.41. The Morgan fingerprint density at radius 1 is 1.30 bits per heavy atom. The average Bonchev–Trinajstić information content (AvgIpc) is 2.68. The predicted octanol–water partition coefficient (Wildman–Crippen LogP) is 1.13. The van der Waals surface area contributed by atoms with Crippen molar-refractivity contribution in [2.45, 2.75) is 0 Å². The number of carbonyl (C=O) groups excluding carboxylic acids is 1. The van der Waals surface area contributed by atoms with Gasteiger partial charge in [0.15, 0.2) is 5.43 Å². The number of likely N-dealkylation sites (N-methyl/N-ethyl adjacent to an activating group) is 1. The molecule has 20 heavy (non-hydrogen) atoms. The number of nitrogens with one attached hydrogen (secondary N) is 2. The molecule has 0 unspecified atom stereocenters. The summed E-state index contributed by atoms with van der Waals surface area (Å²) >= 11 is 0. The number of fused-ring (bicyclic) bond motifs is 1. The first kappa shape index (κ1) is 12.2. The minimum atomic E-state index is -0.412. The molecule has 6 nitrogen and oxygen atoms in total. The molecular formula is C14H11N3O3. The van der Waals surface area contributed by atoms with Crippen molar-refractivity contribution in [3.8, 4) is 0 Å². The molecule has 1 aliphatic rings. The van der Waals surface area contributed by atoms with Gasteiger partial charge in [-0.25, -0.2) is 0 Å². The number of carbonyl (C=O) groups is 1. The highest BCUT2D eigenvalue weighted by atomic mass is 16.3. The van der Waals surface area contributed by atoms with Crippen molar-refractivity contribution >= 4 is 28.9 Å². The van der Waals surface area contributed by atoms with Crippen LogP contribution in [0.3, 0.4) is 0 Å². The molecule has 0 saturated carbocycles. The number of benzene rings is 1. The van der Waals surface area contributed by atoms with Crippen LogP contribution >= 0.6 is 0 Å². The Balaban J connectivity index is 2.17. The van der Waals surface area contributed by atoms with Crippen LogP contribution in [0.15, 0.2) is 45.4 Å². The van der Waals surface area contributed by atoms with Gasteiger partial charge in [0.25, 0.3) is 5.91 Å². The van der Waals surface area contributed by atoms with E-state index in [4.69, 9.17) is 9.83 Å². The Morgan fingerprint density at radius 2 is 2.05 bits per heavy atom. The highest BCUT2D eigenvalue weighted by Crippen LogP contribution is 2.15. The molecule has 2 N–H and O–H groups in total. The van der Waals surface area contributed by atoms with Crippen LogP contribution in [0.1, 0.15) is 5.56 Å². The lowest BCUT2D eigenvalue weighted by Crippen LogP contribution is -2.25. The van der Waals surface area contributed by atoms with Gasteiger partial charge in [-0.15, -0.1) is 0 Å². The summed E-state index contributed by atoms with van der Waals surface area (Å²) in [7, 11) is 1.58. The van der Waals surface area contributed by atoms with E-state index >= 15 is 0 Å². The van der Waals surface area contributed by atoms with Crippen molar-refractivity contribution in [2.75, 3.05) is 7.05 Å². The first-order valence-electron chi connectivity index (χ1n) is 5.94. The number of rotatable bonds is 1. The third-order valence-corrected chi connectivity index (χ3v) is 3.16. The molecule has 1 aliphatic heterocycles. The summed E-state index contributed by atoms with van der Waals surface area (Å²) in [6.07, 6.45) is 2.75. The molecule has 1 amide bonds. The zero-order chi connectivity index (χ0) is 14.3. The standard InChI is InChI=1S/C14H11N3O3/c1-17-10(13(19)16-14(17)15)6-8-7-20-11-5-3-2-4-9(11)12(8)18/h2-7H,1H3,(H2,15,16,19)/b10-6-. The summed E-state index contributed by atoms with van der Waals surface area (Å²) in [6.45, 7) is 0. The Bertz CT molecular complexity index is 820. The normalized spacial score (nSPS) is 17.1. The van der Waals surface area contributed by atoms with E-state index in [1.165, 1.54) is 17.2 Å². The fraction of sp³-hybridized carbons (Fsp3) is 0.0714. The topological polar surface area (TPSA) is 86.4 Å². The van der Waals surface area contributed by atoms with Crippen molar-refractivity contribution < 1.29 is 9.21 Å². The molecule has 2 aromatic rings. The van der Waals surface area contributed by atoms with Crippen LogP contribution in [0.2, 0.25) is 0 Å². The maximum atomic E-state index is 12.3. The second-order valence-electron chi connectivity index (χ2n) is 4.41. The van der Waals surface area contributed by atoms with Gasteiger partial charge in [0.2, 0.25) is 5.96 Å². The highest BCUT2D eigenvalue weighted by molar-refractivity contribution is 6.14. The van der Waals surface area contributed by atoms with E-state index in [1.807, 2.05) is 0 Å². The zero-order valence-corrected chi connectivity index (χ0v) is 10.6. The van der Waals surface area contributed by atoms with E-state index in [-0.39, 0.29) is 22.6 Å². The molecule has 0 radical (unpaired) electrons. The lowest BCUT2D eigenvalue weighted by Gasteiger charge is -2.08. The van der Waals surface area contributed by atoms with Gasteiger partial charge in [-0.3, -0.25) is 20.3 Å². The smallest absolute Gasteiger partial charge is 0.274 e. The summed E-state index contributed by atoms with van der Waals surface area (Å²) in [5, 5.41) is 10.3. The molecule has 100 valence electrons. The molecule has 2 heterocycles. The number of guanidine groups is 1. The summed E-state index contributed by atoms with van der Waals surface area (Å²) in [4.78, 5) is 25.4. The summed E-state index contributed by atoms with van der Waals surface area (Å²) in [6, 6.07) is 6.91. The third kappa shape index (κ3) is 1.78. The van der Waals surface area contributed by atoms with Crippen LogP contribution in [0.5, 0.6) is 0 Å². The minimum absolute atomic E-state index is 0.0218. The van der Waals surface area contributed by atoms with E-state index < -0.39 is 5.91 Å². The molecule has 6 heteroatoms. The van der Waals surface area contributed by atoms with Gasteiger partial charge in [0.1, 0.15) is 17.5 Å². The molecule has 0 spiro atoms. The summed E-state index contributed by atoms with van der Waals surface area (Å²) in [5.74, 6) is -0.434. The Hall–Kier alpha value is -2.89. The van der Waals surface area contributed by atoms with Crippen LogP contribution in [-0.2, 0) is 4.79 Å². The number of nitrogens with zero attached hydrogens (tertiary/aromatic N) is 1. The van der Waals surface area contributed by atoms with Crippen LogP contribution in [0.4, 0.5) is 0 Å². The van der Waals surface area contributed by atoms with Crippen molar-refractivity contribution in [2.24, 2.45) is 0 Å². The number of para-hydroxylation sites is 1. The minimum Gasteiger partial charge on any atom is -0.463 e. The first-order valence-corrected chi connectivity index (χ1v) is 5.94. The lowest BCUT2D eigenvalue weighted by molar-refractivity contribution is -0.115. The molecule has 1 aromatic heterocycles. The van der Waals surface area contributed by atoms with E-state index in [1.54, 1.807) is 31.3 Å². The van der Waals surface area contributed by atoms with Gasteiger partial charge >= 0.3 is 0 Å². The fourth-order valence-corrected chi connectivity index (χ4v) is 2.03. The van der Waals surface area contributed by atoms with E-state index in [0.717, 1.165) is 0 Å². The molecule has 0 aliphatic carbocycles. The van der Waals surface area contributed by atoms with E-state index in [9.17, 15) is 9.59 Å². The van der Waals surface area contributed by atoms with Crippen molar-refractivity contribution in [1.29, 1.82) is 5.41 Å². The number of hydrogen-bond acceptors (Lipinski definition) is 4. The first-order chi connectivity index (χ1) is 9.58. The van der Waals surface area contributed by atoms with Crippen LogP contribution in [-0.4, -0.2) is 23.8 Å². The number of hydrogen-bond donors (Lipinski definition) is 2. The average molecular weight is 269 g/mol. The molecular weight excluding hydrogens is 258 g/mol.